The number of hydrogen-bond donors (Lipinski definition) is 0. The number of hydrogen-bond acceptors (Lipinski definition) is 1. The molecule has 0 N–H and O–H groups in total. The van der Waals surface area contributed by atoms with E-state index >= 15 is 0 Å². The van der Waals surface area contributed by atoms with Crippen LogP contribution in [-0.4, -0.2) is 9.38 Å². The first kappa shape index (κ1) is 21.4. The zero-order valence-corrected chi connectivity index (χ0v) is 20.4. The zero-order chi connectivity index (χ0) is 23.1. The minimum Gasteiger partial charge on any atom is -0.299 e. The summed E-state index contributed by atoms with van der Waals surface area (Å²) in [6.45, 7) is 4.76. The van der Waals surface area contributed by atoms with Crippen LogP contribution in [0.25, 0.3) is 23.0 Å². The molecule has 2 aromatic carbocycles. The fraction of sp³-hybridized carbons (Fsp3) is 0.344. The highest BCUT2D eigenvalue weighted by atomic mass is 15.0. The maximum Gasteiger partial charge on any atom is 0.140 e. The van der Waals surface area contributed by atoms with E-state index in [1.807, 2.05) is 6.20 Å². The van der Waals surface area contributed by atoms with Gasteiger partial charge in [0.1, 0.15) is 5.65 Å². The van der Waals surface area contributed by atoms with Gasteiger partial charge in [-0.05, 0) is 95.4 Å². The first-order valence-electron chi connectivity index (χ1n) is 13.0. The molecule has 1 fully saturated rings. The lowest BCUT2D eigenvalue weighted by Crippen LogP contribution is -2.17. The van der Waals surface area contributed by atoms with Crippen molar-refractivity contribution in [3.8, 4) is 11.3 Å². The number of fused-ring (bicyclic) bond motifs is 2. The number of nitrogens with zero attached hydrogens (tertiary/aromatic N) is 2. The van der Waals surface area contributed by atoms with Gasteiger partial charge in [0.05, 0.1) is 5.69 Å². The first-order chi connectivity index (χ1) is 16.7. The zero-order valence-electron chi connectivity index (χ0n) is 20.4. The van der Waals surface area contributed by atoms with Crippen LogP contribution in [0, 0.1) is 11.8 Å². The molecular formula is C32H34N2. The van der Waals surface area contributed by atoms with E-state index in [0.717, 1.165) is 36.2 Å². The molecule has 0 saturated heterocycles. The number of rotatable bonds is 5. The lowest BCUT2D eigenvalue weighted by molar-refractivity contribution is 0.259. The highest BCUT2D eigenvalue weighted by Gasteiger charge is 2.24. The summed E-state index contributed by atoms with van der Waals surface area (Å²) in [5, 5.41) is 0. The van der Waals surface area contributed by atoms with Gasteiger partial charge in [0, 0.05) is 18.8 Å². The normalized spacial score (nSPS) is 19.7. The van der Waals surface area contributed by atoms with E-state index in [1.165, 1.54) is 64.8 Å². The van der Waals surface area contributed by atoms with E-state index in [2.05, 4.69) is 91.2 Å². The quantitative estimate of drug-likeness (QED) is 0.303. The molecule has 172 valence electrons. The van der Waals surface area contributed by atoms with Crippen LogP contribution in [-0.2, 0) is 12.8 Å². The van der Waals surface area contributed by atoms with Crippen LogP contribution < -0.4 is 0 Å². The van der Waals surface area contributed by atoms with Crippen molar-refractivity contribution in [3.05, 3.63) is 101 Å². The van der Waals surface area contributed by atoms with Crippen molar-refractivity contribution in [2.24, 2.45) is 11.8 Å². The van der Waals surface area contributed by atoms with Crippen LogP contribution in [0.2, 0.25) is 0 Å². The maximum atomic E-state index is 4.74. The average Bonchev–Trinajstić information content (AvgIpc) is 3.54. The van der Waals surface area contributed by atoms with Crippen LogP contribution in [0.15, 0.2) is 73.1 Å². The standard InChI is InChI=1S/C32H34N2/c1-22(2)24-10-12-27(13-11-24)26-8-6-23(7-9-26)20-30-16-17-31(34-19-18-33-32(30)34)29-15-14-25-4-3-5-28(25)21-29/h3-4,6-9,14-19,21-22,24,27H,5,10-13,20H2,1-2H3. The largest absolute Gasteiger partial charge is 0.299 e. The predicted octanol–water partition coefficient (Wildman–Crippen LogP) is 8.09. The molecule has 2 heterocycles. The molecule has 2 nitrogen and oxygen atoms in total. The van der Waals surface area contributed by atoms with Crippen molar-refractivity contribution in [2.75, 3.05) is 0 Å². The highest BCUT2D eigenvalue weighted by Crippen LogP contribution is 2.38. The summed E-state index contributed by atoms with van der Waals surface area (Å²) < 4.78 is 2.25. The van der Waals surface area contributed by atoms with Gasteiger partial charge in [-0.15, -0.1) is 0 Å². The molecule has 6 rings (SSSR count). The number of pyridine rings is 1. The third-order valence-corrected chi connectivity index (χ3v) is 8.26. The number of aromatic nitrogens is 2. The Labute approximate surface area is 203 Å². The Kier molecular flexibility index (Phi) is 5.61. The van der Waals surface area contributed by atoms with Crippen molar-refractivity contribution < 1.29 is 0 Å². The molecular weight excluding hydrogens is 412 g/mol. The summed E-state index contributed by atoms with van der Waals surface area (Å²) in [4.78, 5) is 4.74. The first-order valence-corrected chi connectivity index (χ1v) is 13.0. The second-order valence-electron chi connectivity index (χ2n) is 10.7. The summed E-state index contributed by atoms with van der Waals surface area (Å²) in [5.74, 6) is 2.49. The molecule has 4 aromatic rings. The summed E-state index contributed by atoms with van der Waals surface area (Å²) >= 11 is 0. The SMILES string of the molecule is CC(C)C1CCC(c2ccc(Cc3ccc(-c4ccc5c(c4)CC=C5)n4ccnc34)cc2)CC1. The van der Waals surface area contributed by atoms with Gasteiger partial charge in [-0.25, -0.2) is 4.98 Å². The molecule has 0 unspecified atom stereocenters. The third kappa shape index (κ3) is 4.00. The Morgan fingerprint density at radius 3 is 2.56 bits per heavy atom. The molecule has 2 aliphatic carbocycles. The summed E-state index contributed by atoms with van der Waals surface area (Å²) in [6, 6.07) is 20.8. The Hall–Kier alpha value is -3.13. The Balaban J connectivity index is 1.21. The summed E-state index contributed by atoms with van der Waals surface area (Å²) in [5.41, 5.74) is 10.5. The monoisotopic (exact) mass is 446 g/mol. The van der Waals surface area contributed by atoms with Gasteiger partial charge in [0.2, 0.25) is 0 Å². The Morgan fingerprint density at radius 2 is 1.76 bits per heavy atom. The van der Waals surface area contributed by atoms with E-state index < -0.39 is 0 Å². The van der Waals surface area contributed by atoms with Gasteiger partial charge in [0.25, 0.3) is 0 Å². The van der Waals surface area contributed by atoms with Crippen molar-refractivity contribution >= 4 is 11.7 Å². The Bertz CT molecular complexity index is 1330. The Morgan fingerprint density at radius 1 is 0.941 bits per heavy atom. The van der Waals surface area contributed by atoms with E-state index in [0.29, 0.717) is 0 Å². The van der Waals surface area contributed by atoms with E-state index in [1.54, 1.807) is 0 Å². The second kappa shape index (κ2) is 8.91. The molecule has 1 saturated carbocycles. The van der Waals surface area contributed by atoms with Gasteiger partial charge >= 0.3 is 0 Å². The molecule has 0 aliphatic heterocycles. The summed E-state index contributed by atoms with van der Waals surface area (Å²) in [7, 11) is 0. The van der Waals surface area contributed by atoms with Crippen molar-refractivity contribution in [3.63, 3.8) is 0 Å². The topological polar surface area (TPSA) is 17.3 Å². The fourth-order valence-corrected chi connectivity index (χ4v) is 6.11. The van der Waals surface area contributed by atoms with Crippen molar-refractivity contribution in [2.45, 2.75) is 58.3 Å². The fourth-order valence-electron chi connectivity index (χ4n) is 6.11. The molecule has 2 heteroatoms. The van der Waals surface area contributed by atoms with Crippen molar-refractivity contribution in [1.29, 1.82) is 0 Å². The van der Waals surface area contributed by atoms with Crippen LogP contribution in [0.1, 0.15) is 73.3 Å². The van der Waals surface area contributed by atoms with Gasteiger partial charge in [0.15, 0.2) is 0 Å². The molecule has 0 spiro atoms. The minimum absolute atomic E-state index is 0.741. The average molecular weight is 447 g/mol. The lowest BCUT2D eigenvalue weighted by atomic mass is 9.75. The van der Waals surface area contributed by atoms with Crippen LogP contribution in [0.5, 0.6) is 0 Å². The van der Waals surface area contributed by atoms with E-state index in [9.17, 15) is 0 Å². The number of allylic oxidation sites excluding steroid dienone is 1. The van der Waals surface area contributed by atoms with Crippen LogP contribution in [0.3, 0.4) is 0 Å². The van der Waals surface area contributed by atoms with Crippen LogP contribution >= 0.6 is 0 Å². The molecule has 0 atom stereocenters. The van der Waals surface area contributed by atoms with Gasteiger partial charge in [-0.2, -0.15) is 0 Å². The van der Waals surface area contributed by atoms with Crippen molar-refractivity contribution in [1.82, 2.24) is 9.38 Å². The van der Waals surface area contributed by atoms with E-state index in [4.69, 9.17) is 4.98 Å². The van der Waals surface area contributed by atoms with Gasteiger partial charge in [-0.3, -0.25) is 4.40 Å². The maximum absolute atomic E-state index is 4.74. The molecule has 0 bridgehead atoms. The molecule has 2 aromatic heterocycles. The molecule has 2 aliphatic rings. The number of imidazole rings is 1. The molecule has 34 heavy (non-hydrogen) atoms. The molecule has 0 radical (unpaired) electrons. The predicted molar refractivity (Wildman–Crippen MR) is 142 cm³/mol. The second-order valence-corrected chi connectivity index (χ2v) is 10.7. The summed E-state index contributed by atoms with van der Waals surface area (Å²) in [6.07, 6.45) is 15.9. The number of benzene rings is 2. The van der Waals surface area contributed by atoms with Gasteiger partial charge in [-0.1, -0.05) is 68.5 Å². The molecule has 0 amide bonds. The smallest absolute Gasteiger partial charge is 0.140 e. The van der Waals surface area contributed by atoms with Crippen LogP contribution in [0.4, 0.5) is 0 Å². The highest BCUT2D eigenvalue weighted by molar-refractivity contribution is 5.71. The lowest BCUT2D eigenvalue weighted by Gasteiger charge is -2.31. The van der Waals surface area contributed by atoms with Gasteiger partial charge < -0.3 is 0 Å². The minimum atomic E-state index is 0.741. The van der Waals surface area contributed by atoms with E-state index in [-0.39, 0.29) is 0 Å². The third-order valence-electron chi connectivity index (χ3n) is 8.26.